The van der Waals surface area contributed by atoms with E-state index in [1.54, 1.807) is 18.2 Å². The van der Waals surface area contributed by atoms with Gasteiger partial charge in [-0.3, -0.25) is 9.52 Å². The van der Waals surface area contributed by atoms with E-state index < -0.39 is 10.0 Å². The van der Waals surface area contributed by atoms with Crippen molar-refractivity contribution in [1.82, 2.24) is 15.4 Å². The minimum Gasteiger partial charge on any atom is -0.496 e. The van der Waals surface area contributed by atoms with Crippen molar-refractivity contribution in [3.8, 4) is 11.5 Å². The van der Waals surface area contributed by atoms with Crippen molar-refractivity contribution in [2.75, 3.05) is 27.8 Å². The van der Waals surface area contributed by atoms with E-state index in [1.807, 2.05) is 12.1 Å². The summed E-state index contributed by atoms with van der Waals surface area (Å²) in [4.78, 5) is 12.8. The standard InChI is InChI=1S/C23H31N3O5S2.Na/c1-23(2,3)16-8-10-18(30-5)17(14-16)21(27)25-12-11-15-7-9-19(31-6)20(13-15)33(28,29)26-22(32)24-4;/h7-10,13-14H,11-12H2,1-6H3,(H,25,27)(H2,24,26,32);/q;+1. The molecule has 8 nitrogen and oxygen atoms in total. The monoisotopic (exact) mass is 516 g/mol. The minimum absolute atomic E-state index is 0. The van der Waals surface area contributed by atoms with Gasteiger partial charge in [0.1, 0.15) is 16.4 Å². The van der Waals surface area contributed by atoms with Crippen LogP contribution in [0.25, 0.3) is 0 Å². The number of benzene rings is 2. The number of methoxy groups -OCH3 is 2. The number of carbonyl (C=O) groups excluding carboxylic acids is 1. The zero-order valence-corrected chi connectivity index (χ0v) is 24.4. The molecule has 0 heterocycles. The number of carbonyl (C=O) groups is 1. The van der Waals surface area contributed by atoms with Crippen LogP contribution in [0.2, 0.25) is 0 Å². The molecule has 0 spiro atoms. The largest absolute Gasteiger partial charge is 1.00 e. The second-order valence-corrected chi connectivity index (χ2v) is 10.4. The molecule has 0 aromatic heterocycles. The number of thiocarbonyl (C=S) groups is 1. The second kappa shape index (κ2) is 12.7. The van der Waals surface area contributed by atoms with Crippen molar-refractivity contribution >= 4 is 33.3 Å². The Labute approximate surface area is 229 Å². The molecule has 3 N–H and O–H groups in total. The fraction of sp³-hybridized carbons (Fsp3) is 0.391. The maximum absolute atomic E-state index is 12.8. The van der Waals surface area contributed by atoms with Gasteiger partial charge in [-0.25, -0.2) is 8.42 Å². The summed E-state index contributed by atoms with van der Waals surface area (Å²) in [6.45, 7) is 6.52. The van der Waals surface area contributed by atoms with Crippen LogP contribution in [-0.2, 0) is 21.9 Å². The molecule has 180 valence electrons. The molecule has 0 fully saturated rings. The zero-order valence-electron chi connectivity index (χ0n) is 20.7. The summed E-state index contributed by atoms with van der Waals surface area (Å²) >= 11 is 4.91. The molecule has 2 aromatic rings. The number of rotatable bonds is 8. The average molecular weight is 517 g/mol. The van der Waals surface area contributed by atoms with E-state index in [-0.39, 0.29) is 56.6 Å². The molecule has 0 bridgehead atoms. The van der Waals surface area contributed by atoms with Gasteiger partial charge >= 0.3 is 29.6 Å². The first-order valence-electron chi connectivity index (χ1n) is 10.3. The van der Waals surface area contributed by atoms with E-state index in [2.05, 4.69) is 36.1 Å². The van der Waals surface area contributed by atoms with Gasteiger partial charge in [-0.2, -0.15) is 0 Å². The summed E-state index contributed by atoms with van der Waals surface area (Å²) in [6, 6.07) is 10.4. The number of hydrogen-bond donors (Lipinski definition) is 3. The molecule has 0 saturated heterocycles. The van der Waals surface area contributed by atoms with Crippen LogP contribution in [0.4, 0.5) is 0 Å². The molecule has 0 aliphatic heterocycles. The normalized spacial score (nSPS) is 11.1. The molecule has 34 heavy (non-hydrogen) atoms. The van der Waals surface area contributed by atoms with E-state index in [4.69, 9.17) is 21.7 Å². The molecule has 0 unspecified atom stereocenters. The molecule has 2 rings (SSSR count). The zero-order chi connectivity index (χ0) is 24.8. The summed E-state index contributed by atoms with van der Waals surface area (Å²) in [6.07, 6.45) is 0.413. The quantitative estimate of drug-likeness (QED) is 0.329. The van der Waals surface area contributed by atoms with Gasteiger partial charge in [0.15, 0.2) is 5.11 Å². The predicted molar refractivity (Wildman–Crippen MR) is 133 cm³/mol. The maximum Gasteiger partial charge on any atom is 1.00 e. The number of amides is 1. The van der Waals surface area contributed by atoms with E-state index in [0.717, 1.165) is 5.56 Å². The molecule has 1 amide bonds. The van der Waals surface area contributed by atoms with Crippen LogP contribution >= 0.6 is 12.2 Å². The third-order valence-electron chi connectivity index (χ3n) is 4.98. The first-order valence-corrected chi connectivity index (χ1v) is 12.2. The van der Waals surface area contributed by atoms with Gasteiger partial charge in [-0.1, -0.05) is 32.9 Å². The maximum atomic E-state index is 12.8. The Bertz CT molecular complexity index is 1130. The molecule has 0 aliphatic carbocycles. The van der Waals surface area contributed by atoms with Crippen molar-refractivity contribution < 1.29 is 52.2 Å². The molecule has 0 saturated carbocycles. The van der Waals surface area contributed by atoms with Crippen molar-refractivity contribution in [3.63, 3.8) is 0 Å². The van der Waals surface area contributed by atoms with E-state index in [9.17, 15) is 13.2 Å². The van der Waals surface area contributed by atoms with Crippen LogP contribution in [0.15, 0.2) is 41.3 Å². The van der Waals surface area contributed by atoms with E-state index >= 15 is 0 Å². The number of hydrogen-bond acceptors (Lipinski definition) is 6. The van der Waals surface area contributed by atoms with Crippen LogP contribution in [-0.4, -0.2) is 47.2 Å². The van der Waals surface area contributed by atoms with Crippen LogP contribution in [0.1, 0.15) is 42.3 Å². The fourth-order valence-electron chi connectivity index (χ4n) is 3.08. The summed E-state index contributed by atoms with van der Waals surface area (Å²) in [5.74, 6) is 0.420. The van der Waals surface area contributed by atoms with Gasteiger partial charge in [0.05, 0.1) is 19.8 Å². The van der Waals surface area contributed by atoms with Gasteiger partial charge < -0.3 is 20.1 Å². The van der Waals surface area contributed by atoms with Crippen molar-refractivity contribution in [2.45, 2.75) is 37.5 Å². The summed E-state index contributed by atoms with van der Waals surface area (Å²) in [5.41, 5.74) is 2.07. The molecular weight excluding hydrogens is 485 g/mol. The Hall–Kier alpha value is -1.85. The second-order valence-electron chi connectivity index (χ2n) is 8.34. The van der Waals surface area contributed by atoms with Gasteiger partial charge in [-0.05, 0) is 59.4 Å². The van der Waals surface area contributed by atoms with E-state index in [1.165, 1.54) is 27.3 Å². The predicted octanol–water partition coefficient (Wildman–Crippen LogP) is -0.240. The van der Waals surface area contributed by atoms with Crippen LogP contribution in [0, 0.1) is 0 Å². The van der Waals surface area contributed by atoms with Crippen molar-refractivity contribution in [1.29, 1.82) is 0 Å². The number of nitrogens with one attached hydrogen (secondary N) is 3. The SMILES string of the molecule is CNC(=S)NS(=O)(=O)c1cc(CCNC(=O)c2cc(C(C)(C)C)ccc2OC)ccc1OC.[Na+]. The van der Waals surface area contributed by atoms with Crippen molar-refractivity contribution in [3.05, 3.63) is 53.1 Å². The molecule has 0 atom stereocenters. The van der Waals surface area contributed by atoms with Crippen LogP contribution < -0.4 is 54.4 Å². The van der Waals surface area contributed by atoms with Crippen molar-refractivity contribution in [2.24, 2.45) is 0 Å². The Kier molecular flexibility index (Phi) is 11.3. The molecule has 0 radical (unpaired) electrons. The van der Waals surface area contributed by atoms with E-state index in [0.29, 0.717) is 29.8 Å². The van der Waals surface area contributed by atoms with Crippen LogP contribution in [0.3, 0.4) is 0 Å². The number of sulfonamides is 1. The van der Waals surface area contributed by atoms with Gasteiger partial charge in [-0.15, -0.1) is 0 Å². The smallest absolute Gasteiger partial charge is 0.496 e. The first kappa shape index (κ1) is 30.2. The molecule has 2 aromatic carbocycles. The summed E-state index contributed by atoms with van der Waals surface area (Å²) < 4.78 is 38.2. The summed E-state index contributed by atoms with van der Waals surface area (Å²) in [7, 11) is 0.506. The third kappa shape index (κ3) is 7.84. The number of ether oxygens (including phenoxy) is 2. The third-order valence-corrected chi connectivity index (χ3v) is 6.79. The summed E-state index contributed by atoms with van der Waals surface area (Å²) in [5, 5.41) is 5.43. The average Bonchev–Trinajstić information content (AvgIpc) is 2.77. The fourth-order valence-corrected chi connectivity index (χ4v) is 4.59. The van der Waals surface area contributed by atoms with Gasteiger partial charge in [0.2, 0.25) is 0 Å². The van der Waals surface area contributed by atoms with Gasteiger partial charge in [0, 0.05) is 13.6 Å². The Morgan fingerprint density at radius 3 is 2.21 bits per heavy atom. The first-order chi connectivity index (χ1) is 15.4. The minimum atomic E-state index is -3.93. The molecular formula is C23H31N3NaO5S2+. The molecule has 0 aliphatic rings. The van der Waals surface area contributed by atoms with Crippen LogP contribution in [0.5, 0.6) is 11.5 Å². The Balaban J connectivity index is 0.00000578. The topological polar surface area (TPSA) is 106 Å². The Morgan fingerprint density at radius 1 is 1.03 bits per heavy atom. The Morgan fingerprint density at radius 2 is 1.65 bits per heavy atom. The molecule has 11 heteroatoms. The van der Waals surface area contributed by atoms with Gasteiger partial charge in [0.25, 0.3) is 15.9 Å².